The van der Waals surface area contributed by atoms with Gasteiger partial charge in [0.1, 0.15) is 0 Å². The predicted octanol–water partition coefficient (Wildman–Crippen LogP) is 1.30. The van der Waals surface area contributed by atoms with Gasteiger partial charge in [0.2, 0.25) is 0 Å². The topological polar surface area (TPSA) is 41.5 Å². The molecule has 0 spiro atoms. The van der Waals surface area contributed by atoms with Crippen molar-refractivity contribution in [1.82, 2.24) is 10.2 Å². The van der Waals surface area contributed by atoms with Crippen LogP contribution in [-0.2, 0) is 4.74 Å². The van der Waals surface area contributed by atoms with E-state index in [9.17, 15) is 0 Å². The van der Waals surface area contributed by atoms with Crippen molar-refractivity contribution in [3.63, 3.8) is 0 Å². The summed E-state index contributed by atoms with van der Waals surface area (Å²) in [4.78, 5) is 4.57. The molecule has 5 heteroatoms. The molecule has 0 amide bonds. The van der Waals surface area contributed by atoms with Crippen molar-refractivity contribution in [2.75, 3.05) is 49.2 Å². The van der Waals surface area contributed by atoms with Crippen LogP contribution in [0.4, 0.5) is 11.6 Å². The maximum Gasteiger partial charge on any atom is 0.151 e. The third-order valence-electron chi connectivity index (χ3n) is 3.65. The Morgan fingerprint density at radius 1 is 0.778 bits per heavy atom. The molecule has 2 aliphatic rings. The minimum absolute atomic E-state index is 0.787. The number of ether oxygens (including phenoxy) is 1. The first-order valence-electron chi connectivity index (χ1n) is 6.85. The zero-order valence-corrected chi connectivity index (χ0v) is 10.7. The second-order valence-electron chi connectivity index (χ2n) is 4.90. The Hall–Kier alpha value is -1.36. The van der Waals surface area contributed by atoms with Crippen LogP contribution in [0.3, 0.4) is 0 Å². The van der Waals surface area contributed by atoms with Gasteiger partial charge < -0.3 is 14.5 Å². The van der Waals surface area contributed by atoms with E-state index in [4.69, 9.17) is 4.74 Å². The largest absolute Gasteiger partial charge is 0.378 e. The average Bonchev–Trinajstić information content (AvgIpc) is 2.49. The van der Waals surface area contributed by atoms with Crippen molar-refractivity contribution in [3.05, 3.63) is 12.1 Å². The van der Waals surface area contributed by atoms with Gasteiger partial charge in [0.15, 0.2) is 11.6 Å². The second kappa shape index (κ2) is 5.52. The summed E-state index contributed by atoms with van der Waals surface area (Å²) in [5.74, 6) is 1.99. The zero-order valence-electron chi connectivity index (χ0n) is 10.7. The first-order valence-corrected chi connectivity index (χ1v) is 6.85. The fraction of sp³-hybridized carbons (Fsp3) is 0.692. The molecule has 1 aromatic rings. The molecule has 0 bridgehead atoms. The molecule has 18 heavy (non-hydrogen) atoms. The van der Waals surface area contributed by atoms with Gasteiger partial charge in [0.25, 0.3) is 0 Å². The van der Waals surface area contributed by atoms with E-state index in [1.54, 1.807) is 0 Å². The number of hydrogen-bond acceptors (Lipinski definition) is 5. The Balaban J connectivity index is 1.67. The lowest BCUT2D eigenvalue weighted by molar-refractivity contribution is 0.122. The maximum absolute atomic E-state index is 5.34. The molecule has 2 fully saturated rings. The summed E-state index contributed by atoms with van der Waals surface area (Å²) >= 11 is 0. The number of nitrogens with zero attached hydrogens (tertiary/aromatic N) is 4. The molecule has 0 N–H and O–H groups in total. The third-order valence-corrected chi connectivity index (χ3v) is 3.65. The first-order chi connectivity index (χ1) is 8.93. The number of anilines is 2. The summed E-state index contributed by atoms with van der Waals surface area (Å²) in [6.07, 6.45) is 3.88. The van der Waals surface area contributed by atoms with E-state index in [0.717, 1.165) is 51.0 Å². The third kappa shape index (κ3) is 2.56. The molecule has 1 aromatic heterocycles. The molecule has 3 heterocycles. The lowest BCUT2D eigenvalue weighted by Gasteiger charge is -2.29. The quantitative estimate of drug-likeness (QED) is 0.789. The van der Waals surface area contributed by atoms with Crippen LogP contribution in [0, 0.1) is 0 Å². The minimum atomic E-state index is 0.787. The molecule has 98 valence electrons. The van der Waals surface area contributed by atoms with E-state index in [2.05, 4.69) is 32.1 Å². The Morgan fingerprint density at radius 3 is 1.89 bits per heavy atom. The van der Waals surface area contributed by atoms with Gasteiger partial charge in [0.05, 0.1) is 13.2 Å². The molecule has 0 atom stereocenters. The highest BCUT2D eigenvalue weighted by molar-refractivity contribution is 5.45. The van der Waals surface area contributed by atoms with Crippen LogP contribution in [0.15, 0.2) is 12.1 Å². The van der Waals surface area contributed by atoms with E-state index in [1.165, 1.54) is 19.3 Å². The summed E-state index contributed by atoms with van der Waals surface area (Å²) < 4.78 is 5.34. The molecule has 3 rings (SSSR count). The number of morpholine rings is 1. The van der Waals surface area contributed by atoms with Crippen LogP contribution in [0.25, 0.3) is 0 Å². The highest BCUT2D eigenvalue weighted by Crippen LogP contribution is 2.19. The Kier molecular flexibility index (Phi) is 3.59. The summed E-state index contributed by atoms with van der Waals surface area (Å²) in [5.41, 5.74) is 0. The van der Waals surface area contributed by atoms with Gasteiger partial charge in [-0.05, 0) is 31.4 Å². The molecule has 5 nitrogen and oxygen atoms in total. The molecule has 0 saturated carbocycles. The average molecular weight is 248 g/mol. The van der Waals surface area contributed by atoms with Crippen LogP contribution >= 0.6 is 0 Å². The van der Waals surface area contributed by atoms with Crippen molar-refractivity contribution in [3.8, 4) is 0 Å². The van der Waals surface area contributed by atoms with E-state index in [0.29, 0.717) is 0 Å². The second-order valence-corrected chi connectivity index (χ2v) is 4.90. The Morgan fingerprint density at radius 2 is 1.33 bits per heavy atom. The maximum atomic E-state index is 5.34. The summed E-state index contributed by atoms with van der Waals surface area (Å²) in [7, 11) is 0. The normalized spacial score (nSPS) is 21.1. The number of rotatable bonds is 2. The van der Waals surface area contributed by atoms with Crippen LogP contribution < -0.4 is 9.80 Å². The predicted molar refractivity (Wildman–Crippen MR) is 71.1 cm³/mol. The van der Waals surface area contributed by atoms with E-state index in [1.807, 2.05) is 0 Å². The van der Waals surface area contributed by atoms with Crippen molar-refractivity contribution in [2.24, 2.45) is 0 Å². The minimum Gasteiger partial charge on any atom is -0.378 e. The fourth-order valence-electron chi connectivity index (χ4n) is 2.57. The van der Waals surface area contributed by atoms with Crippen molar-refractivity contribution < 1.29 is 4.74 Å². The number of hydrogen-bond donors (Lipinski definition) is 0. The van der Waals surface area contributed by atoms with Crippen molar-refractivity contribution in [1.29, 1.82) is 0 Å². The molecular formula is C13H20N4O. The van der Waals surface area contributed by atoms with Crippen LogP contribution in [0.5, 0.6) is 0 Å². The standard InChI is InChI=1S/C13H20N4O/c1-2-6-16(7-3-1)12-4-5-13(15-14-12)17-8-10-18-11-9-17/h4-5H,1-3,6-11H2. The van der Waals surface area contributed by atoms with Crippen molar-refractivity contribution in [2.45, 2.75) is 19.3 Å². The van der Waals surface area contributed by atoms with Gasteiger partial charge in [-0.2, -0.15) is 0 Å². The van der Waals surface area contributed by atoms with Gasteiger partial charge >= 0.3 is 0 Å². The van der Waals surface area contributed by atoms with Gasteiger partial charge in [-0.1, -0.05) is 0 Å². The zero-order chi connectivity index (χ0) is 12.2. The van der Waals surface area contributed by atoms with Gasteiger partial charge in [-0.25, -0.2) is 0 Å². The van der Waals surface area contributed by atoms with Crippen molar-refractivity contribution >= 4 is 11.6 Å². The Bertz CT molecular complexity index is 332. The van der Waals surface area contributed by atoms with E-state index >= 15 is 0 Å². The molecule has 2 aliphatic heterocycles. The van der Waals surface area contributed by atoms with Gasteiger partial charge in [-0.15, -0.1) is 10.2 Å². The molecule has 0 radical (unpaired) electrons. The Labute approximate surface area is 108 Å². The van der Waals surface area contributed by atoms with Crippen LogP contribution in [0.1, 0.15) is 19.3 Å². The molecule has 2 saturated heterocycles. The lowest BCUT2D eigenvalue weighted by Crippen LogP contribution is -2.37. The molecule has 0 aliphatic carbocycles. The fourth-order valence-corrected chi connectivity index (χ4v) is 2.57. The molecule has 0 unspecified atom stereocenters. The summed E-state index contributed by atoms with van der Waals surface area (Å²) in [6.45, 7) is 5.64. The number of piperidine rings is 1. The summed E-state index contributed by atoms with van der Waals surface area (Å²) in [5, 5.41) is 8.73. The highest BCUT2D eigenvalue weighted by Gasteiger charge is 2.15. The summed E-state index contributed by atoms with van der Waals surface area (Å²) in [6, 6.07) is 4.19. The molecule has 0 aromatic carbocycles. The highest BCUT2D eigenvalue weighted by atomic mass is 16.5. The first kappa shape index (κ1) is 11.7. The van der Waals surface area contributed by atoms with E-state index < -0.39 is 0 Å². The molecular weight excluding hydrogens is 228 g/mol. The van der Waals surface area contributed by atoms with Crippen LogP contribution in [-0.4, -0.2) is 49.6 Å². The number of aromatic nitrogens is 2. The SMILES string of the molecule is c1cc(N2CCOCC2)nnc1N1CCCCC1. The van der Waals surface area contributed by atoms with Gasteiger partial charge in [0, 0.05) is 26.2 Å². The smallest absolute Gasteiger partial charge is 0.151 e. The van der Waals surface area contributed by atoms with Gasteiger partial charge in [-0.3, -0.25) is 0 Å². The van der Waals surface area contributed by atoms with Crippen LogP contribution in [0.2, 0.25) is 0 Å². The van der Waals surface area contributed by atoms with E-state index in [-0.39, 0.29) is 0 Å². The monoisotopic (exact) mass is 248 g/mol. The lowest BCUT2D eigenvalue weighted by atomic mass is 10.1.